The van der Waals surface area contributed by atoms with E-state index in [1.807, 2.05) is 0 Å². The summed E-state index contributed by atoms with van der Waals surface area (Å²) in [4.78, 5) is 0. The van der Waals surface area contributed by atoms with Gasteiger partial charge in [-0.25, -0.2) is 0 Å². The molecule has 0 bridgehead atoms. The van der Waals surface area contributed by atoms with Crippen molar-refractivity contribution in [2.24, 2.45) is 0 Å². The maximum atomic E-state index is 9.26. The number of aliphatic hydroxyl groups is 2. The van der Waals surface area contributed by atoms with Gasteiger partial charge in [-0.15, -0.1) is 0 Å². The second-order valence-electron chi connectivity index (χ2n) is 9.87. The molecule has 0 aliphatic heterocycles. The van der Waals surface area contributed by atoms with Gasteiger partial charge < -0.3 is 19.7 Å². The fourth-order valence-electron chi connectivity index (χ4n) is 5.73. The average molecular weight is 495 g/mol. The Balaban J connectivity index is 1.72. The zero-order valence-corrected chi connectivity index (χ0v) is 22.0. The van der Waals surface area contributed by atoms with Crippen molar-refractivity contribution in [3.8, 4) is 44.9 Å². The number of hydrogen-bond acceptors (Lipinski definition) is 4. The molecule has 0 atom stereocenters. The SMILES string of the molecule is Cc1cc(-c2ccc3c(c2-c2cc(C)c(OCCO)c(C)c2)Cc2ccccc2-3)cc(C)c1OCCO. The van der Waals surface area contributed by atoms with Crippen molar-refractivity contribution in [3.63, 3.8) is 0 Å². The van der Waals surface area contributed by atoms with Crippen LogP contribution in [0.25, 0.3) is 33.4 Å². The van der Waals surface area contributed by atoms with E-state index in [4.69, 9.17) is 9.47 Å². The summed E-state index contributed by atoms with van der Waals surface area (Å²) in [7, 11) is 0. The van der Waals surface area contributed by atoms with E-state index < -0.39 is 0 Å². The van der Waals surface area contributed by atoms with Crippen LogP contribution in [0.15, 0.2) is 60.7 Å². The van der Waals surface area contributed by atoms with Crippen LogP contribution in [-0.2, 0) is 6.42 Å². The van der Waals surface area contributed by atoms with Crippen molar-refractivity contribution in [3.05, 3.63) is 94.0 Å². The van der Waals surface area contributed by atoms with Gasteiger partial charge in [-0.1, -0.05) is 36.4 Å². The van der Waals surface area contributed by atoms with Crippen LogP contribution in [0.1, 0.15) is 33.4 Å². The van der Waals surface area contributed by atoms with Crippen molar-refractivity contribution in [1.82, 2.24) is 0 Å². The van der Waals surface area contributed by atoms with Crippen molar-refractivity contribution >= 4 is 0 Å². The summed E-state index contributed by atoms with van der Waals surface area (Å²) in [6, 6.07) is 22.0. The smallest absolute Gasteiger partial charge is 0.125 e. The van der Waals surface area contributed by atoms with Gasteiger partial charge in [0.25, 0.3) is 0 Å². The Kier molecular flexibility index (Phi) is 7.05. The van der Waals surface area contributed by atoms with E-state index >= 15 is 0 Å². The first-order valence-corrected chi connectivity index (χ1v) is 12.9. The molecule has 37 heavy (non-hydrogen) atoms. The summed E-state index contributed by atoms with van der Waals surface area (Å²) in [6.45, 7) is 8.82. The maximum Gasteiger partial charge on any atom is 0.125 e. The lowest BCUT2D eigenvalue weighted by Gasteiger charge is -2.20. The summed E-state index contributed by atoms with van der Waals surface area (Å²) in [5.41, 5.74) is 14.3. The van der Waals surface area contributed by atoms with Gasteiger partial charge in [0.2, 0.25) is 0 Å². The molecule has 190 valence electrons. The molecule has 0 saturated carbocycles. The number of rotatable bonds is 8. The molecular weight excluding hydrogens is 460 g/mol. The lowest BCUT2D eigenvalue weighted by atomic mass is 9.86. The molecule has 0 saturated heterocycles. The standard InChI is InChI=1S/C33H34O4/c1-20-15-25(16-21(2)32(20)36-13-11-34)28-9-10-29-27-8-6-5-7-24(27)19-30(29)31(28)26-17-22(3)33(23(4)18-26)37-14-12-35/h5-10,15-18,34-35H,11-14,19H2,1-4H3. The minimum Gasteiger partial charge on any atom is -0.491 e. The van der Waals surface area contributed by atoms with Crippen LogP contribution in [0.5, 0.6) is 11.5 Å². The van der Waals surface area contributed by atoms with Gasteiger partial charge in [0.05, 0.1) is 13.2 Å². The quantitative estimate of drug-likeness (QED) is 0.256. The molecule has 4 aromatic carbocycles. The lowest BCUT2D eigenvalue weighted by molar-refractivity contribution is 0.200. The monoisotopic (exact) mass is 494 g/mol. The van der Waals surface area contributed by atoms with Gasteiger partial charge in [-0.2, -0.15) is 0 Å². The molecule has 0 spiro atoms. The van der Waals surface area contributed by atoms with Gasteiger partial charge in [0.1, 0.15) is 24.7 Å². The van der Waals surface area contributed by atoms with E-state index in [-0.39, 0.29) is 26.4 Å². The van der Waals surface area contributed by atoms with E-state index in [0.29, 0.717) is 0 Å². The zero-order valence-electron chi connectivity index (χ0n) is 22.0. The Morgan fingerprint density at radius 3 is 1.70 bits per heavy atom. The van der Waals surface area contributed by atoms with Gasteiger partial charge in [-0.05, 0) is 125 Å². The van der Waals surface area contributed by atoms with E-state index in [1.165, 1.54) is 38.9 Å². The maximum absolute atomic E-state index is 9.26. The molecule has 5 rings (SSSR count). The Bertz CT molecular complexity index is 1420. The molecule has 4 nitrogen and oxygen atoms in total. The molecule has 0 fully saturated rings. The molecule has 1 aliphatic rings. The highest BCUT2D eigenvalue weighted by Crippen LogP contribution is 2.47. The molecule has 0 amide bonds. The van der Waals surface area contributed by atoms with Crippen LogP contribution in [0, 0.1) is 27.7 Å². The number of ether oxygens (including phenoxy) is 2. The summed E-state index contributed by atoms with van der Waals surface area (Å²) < 4.78 is 11.7. The minimum atomic E-state index is -0.00799. The molecule has 0 radical (unpaired) electrons. The summed E-state index contributed by atoms with van der Waals surface area (Å²) in [5, 5.41) is 18.5. The Morgan fingerprint density at radius 1 is 0.622 bits per heavy atom. The summed E-state index contributed by atoms with van der Waals surface area (Å²) in [6.07, 6.45) is 0.894. The Labute approximate surface area is 219 Å². The van der Waals surface area contributed by atoms with Gasteiger partial charge in [-0.3, -0.25) is 0 Å². The normalized spacial score (nSPS) is 11.8. The van der Waals surface area contributed by atoms with Crippen molar-refractivity contribution < 1.29 is 19.7 Å². The molecule has 4 heteroatoms. The third-order valence-electron chi connectivity index (χ3n) is 7.18. The third kappa shape index (κ3) is 4.63. The molecule has 0 unspecified atom stereocenters. The van der Waals surface area contributed by atoms with Crippen LogP contribution in [0.3, 0.4) is 0 Å². The highest BCUT2D eigenvalue weighted by molar-refractivity contribution is 5.94. The number of fused-ring (bicyclic) bond motifs is 3. The van der Waals surface area contributed by atoms with E-state index in [1.54, 1.807) is 0 Å². The number of aliphatic hydroxyl groups excluding tert-OH is 2. The van der Waals surface area contributed by atoms with Gasteiger partial charge in [0.15, 0.2) is 0 Å². The van der Waals surface area contributed by atoms with E-state index in [0.717, 1.165) is 45.7 Å². The topological polar surface area (TPSA) is 58.9 Å². The fraction of sp³-hybridized carbons (Fsp3) is 0.273. The third-order valence-corrected chi connectivity index (χ3v) is 7.18. The highest BCUT2D eigenvalue weighted by atomic mass is 16.5. The van der Waals surface area contributed by atoms with E-state index in [2.05, 4.69) is 88.4 Å². The van der Waals surface area contributed by atoms with Crippen LogP contribution in [0.4, 0.5) is 0 Å². The molecule has 0 heterocycles. The molecule has 1 aliphatic carbocycles. The number of benzene rings is 4. The zero-order chi connectivity index (χ0) is 26.1. The second-order valence-corrected chi connectivity index (χ2v) is 9.87. The van der Waals surface area contributed by atoms with Gasteiger partial charge >= 0.3 is 0 Å². The van der Waals surface area contributed by atoms with Crippen LogP contribution in [-0.4, -0.2) is 36.6 Å². The summed E-state index contributed by atoms with van der Waals surface area (Å²) >= 11 is 0. The van der Waals surface area contributed by atoms with Crippen LogP contribution >= 0.6 is 0 Å². The predicted octanol–water partition coefficient (Wildman–Crippen LogP) is 6.57. The first-order valence-electron chi connectivity index (χ1n) is 12.9. The van der Waals surface area contributed by atoms with Crippen molar-refractivity contribution in [2.75, 3.05) is 26.4 Å². The fourth-order valence-corrected chi connectivity index (χ4v) is 5.73. The Hall–Kier alpha value is -3.60. The summed E-state index contributed by atoms with van der Waals surface area (Å²) in [5.74, 6) is 1.68. The number of aryl methyl sites for hydroxylation is 4. The van der Waals surface area contributed by atoms with Gasteiger partial charge in [0, 0.05) is 0 Å². The van der Waals surface area contributed by atoms with Crippen LogP contribution in [0.2, 0.25) is 0 Å². The molecule has 2 N–H and O–H groups in total. The Morgan fingerprint density at radius 2 is 1.14 bits per heavy atom. The predicted molar refractivity (Wildman–Crippen MR) is 150 cm³/mol. The molecule has 4 aromatic rings. The number of hydrogen-bond donors (Lipinski definition) is 2. The van der Waals surface area contributed by atoms with Crippen molar-refractivity contribution in [2.45, 2.75) is 34.1 Å². The average Bonchev–Trinajstić information content (AvgIpc) is 3.26. The van der Waals surface area contributed by atoms with Crippen LogP contribution < -0.4 is 9.47 Å². The first-order chi connectivity index (χ1) is 17.9. The first kappa shape index (κ1) is 25.1. The molecule has 0 aromatic heterocycles. The highest BCUT2D eigenvalue weighted by Gasteiger charge is 2.25. The van der Waals surface area contributed by atoms with Crippen molar-refractivity contribution in [1.29, 1.82) is 0 Å². The largest absolute Gasteiger partial charge is 0.491 e. The lowest BCUT2D eigenvalue weighted by Crippen LogP contribution is -2.05. The molecular formula is C33H34O4. The second kappa shape index (κ2) is 10.4. The minimum absolute atomic E-state index is 0.00707. The van der Waals surface area contributed by atoms with E-state index in [9.17, 15) is 10.2 Å².